The van der Waals surface area contributed by atoms with Gasteiger partial charge in [-0.25, -0.2) is 0 Å². The Morgan fingerprint density at radius 2 is 1.44 bits per heavy atom. The molecule has 1 rings (SSSR count). The molecular formula is C24H48O2Sn. The molecule has 2 nitrogen and oxygen atoms in total. The zero-order valence-electron chi connectivity index (χ0n) is 19.2. The summed E-state index contributed by atoms with van der Waals surface area (Å²) in [6.45, 7) is 13.6. The van der Waals surface area contributed by atoms with Crippen LogP contribution < -0.4 is 0 Å². The number of aliphatic hydroxyl groups excluding tert-OH is 1. The van der Waals surface area contributed by atoms with Crippen LogP contribution in [0.15, 0.2) is 10.2 Å². The van der Waals surface area contributed by atoms with E-state index in [1.807, 2.05) is 0 Å². The van der Waals surface area contributed by atoms with Crippen molar-refractivity contribution in [3.05, 3.63) is 10.2 Å². The summed E-state index contributed by atoms with van der Waals surface area (Å²) in [7, 11) is 0. The van der Waals surface area contributed by atoms with E-state index in [1.54, 1.807) is 13.3 Å². The molecule has 1 heterocycles. The summed E-state index contributed by atoms with van der Waals surface area (Å²) < 4.78 is 13.4. The summed E-state index contributed by atoms with van der Waals surface area (Å²) >= 11 is -2.14. The molecule has 160 valence electrons. The van der Waals surface area contributed by atoms with E-state index in [0.717, 1.165) is 12.8 Å². The van der Waals surface area contributed by atoms with E-state index in [1.165, 1.54) is 38.5 Å². The van der Waals surface area contributed by atoms with Crippen molar-refractivity contribution in [3.63, 3.8) is 0 Å². The quantitative estimate of drug-likeness (QED) is 0.186. The number of epoxide rings is 1. The van der Waals surface area contributed by atoms with Gasteiger partial charge in [-0.1, -0.05) is 0 Å². The van der Waals surface area contributed by atoms with Gasteiger partial charge in [-0.15, -0.1) is 0 Å². The van der Waals surface area contributed by atoms with Gasteiger partial charge >= 0.3 is 175 Å². The Labute approximate surface area is 174 Å². The molecule has 0 spiro atoms. The minimum atomic E-state index is -2.14. The molecule has 1 saturated heterocycles. The van der Waals surface area contributed by atoms with E-state index in [9.17, 15) is 5.11 Å². The van der Waals surface area contributed by atoms with Crippen LogP contribution in [0.25, 0.3) is 0 Å². The third kappa shape index (κ3) is 9.21. The van der Waals surface area contributed by atoms with Gasteiger partial charge in [0, 0.05) is 0 Å². The van der Waals surface area contributed by atoms with Gasteiger partial charge in [0.05, 0.1) is 0 Å². The zero-order valence-corrected chi connectivity index (χ0v) is 22.0. The predicted molar refractivity (Wildman–Crippen MR) is 122 cm³/mol. The van der Waals surface area contributed by atoms with Crippen LogP contribution in [0.4, 0.5) is 0 Å². The van der Waals surface area contributed by atoms with E-state index in [-0.39, 0.29) is 18.1 Å². The summed E-state index contributed by atoms with van der Waals surface area (Å²) in [5, 5.41) is 10.1. The van der Waals surface area contributed by atoms with Crippen LogP contribution in [0.3, 0.4) is 0 Å². The Morgan fingerprint density at radius 1 is 0.926 bits per heavy atom. The van der Waals surface area contributed by atoms with E-state index >= 15 is 0 Å². The van der Waals surface area contributed by atoms with Crippen molar-refractivity contribution in [2.75, 3.05) is 0 Å². The van der Waals surface area contributed by atoms with Gasteiger partial charge in [0.1, 0.15) is 0 Å². The molecule has 0 amide bonds. The van der Waals surface area contributed by atoms with E-state index in [4.69, 9.17) is 4.74 Å². The molecule has 5 atom stereocenters. The predicted octanol–water partition coefficient (Wildman–Crippen LogP) is 7.13. The van der Waals surface area contributed by atoms with Gasteiger partial charge in [-0.05, 0) is 0 Å². The molecule has 0 aliphatic carbocycles. The fraction of sp³-hybridized carbons (Fsp3) is 0.917. The fourth-order valence-electron chi connectivity index (χ4n) is 4.42. The van der Waals surface area contributed by atoms with Crippen LogP contribution in [0.2, 0.25) is 13.3 Å². The number of unbranched alkanes of at least 4 members (excludes halogenated alkanes) is 3. The molecule has 0 aromatic heterocycles. The monoisotopic (exact) mass is 488 g/mol. The van der Waals surface area contributed by atoms with Gasteiger partial charge in [0.2, 0.25) is 0 Å². The number of ether oxygens (including phenoxy) is 1. The first-order valence-electron chi connectivity index (χ1n) is 12.0. The van der Waals surface area contributed by atoms with Gasteiger partial charge < -0.3 is 0 Å². The molecular weight excluding hydrogens is 439 g/mol. The number of allylic oxidation sites excluding steroid dienone is 1. The van der Waals surface area contributed by atoms with Crippen molar-refractivity contribution in [3.8, 4) is 0 Å². The van der Waals surface area contributed by atoms with Crippen LogP contribution in [-0.4, -0.2) is 41.8 Å². The van der Waals surface area contributed by atoms with Crippen molar-refractivity contribution in [2.24, 2.45) is 11.8 Å². The Bertz CT molecular complexity index is 387. The molecule has 0 radical (unpaired) electrons. The topological polar surface area (TPSA) is 32.8 Å². The molecule has 0 unspecified atom stereocenters. The minimum absolute atomic E-state index is 0.216. The summed E-state index contributed by atoms with van der Waals surface area (Å²) in [6.07, 6.45) is 13.3. The zero-order chi connectivity index (χ0) is 20.3. The maximum absolute atomic E-state index is 10.1. The molecule has 27 heavy (non-hydrogen) atoms. The molecule has 0 saturated carbocycles. The first kappa shape index (κ1) is 25.5. The van der Waals surface area contributed by atoms with E-state index in [0.29, 0.717) is 12.0 Å². The number of aliphatic hydroxyl groups is 1. The molecule has 1 fully saturated rings. The second kappa shape index (κ2) is 13.6. The molecule has 1 N–H and O–H groups in total. The molecule has 0 aromatic carbocycles. The molecule has 1 aliphatic heterocycles. The van der Waals surface area contributed by atoms with Crippen molar-refractivity contribution in [1.29, 1.82) is 0 Å². The van der Waals surface area contributed by atoms with Gasteiger partial charge in [0.15, 0.2) is 0 Å². The summed E-state index contributed by atoms with van der Waals surface area (Å²) in [5.74, 6) is 0.875. The Hall–Kier alpha value is 0.459. The van der Waals surface area contributed by atoms with Crippen LogP contribution in [-0.2, 0) is 4.74 Å². The standard InChI is InChI=1S/C12H21O2.3C4H9.Sn/c1-5-8(3)7-11-12(14-11)9(4)10(13)6-2;3*1-3-4-2;/h1,5,8-13H,6-7H2,2-4H3;3*1,3-4H2,2H3;/t8-,9-,10+,11-,12-;;;;/m1..../s1. The Kier molecular flexibility index (Phi) is 12.9. The average molecular weight is 487 g/mol. The first-order chi connectivity index (χ1) is 12.9. The van der Waals surface area contributed by atoms with Crippen molar-refractivity contribution in [1.82, 2.24) is 0 Å². The molecule has 3 heteroatoms. The SMILES string of the molecule is CCC[CH2][Sn](/[CH]=C/[C@@H](C)C[C@H]1O[C@@H]1[C@H](C)[C@@H](O)CC)([CH2]CCC)[CH2]CCC. The fourth-order valence-corrected chi connectivity index (χ4v) is 19.2. The Balaban J connectivity index is 2.65. The molecule has 0 aromatic rings. The second-order valence-corrected chi connectivity index (χ2v) is 22.2. The van der Waals surface area contributed by atoms with Crippen molar-refractivity contribution in [2.45, 2.75) is 125 Å². The van der Waals surface area contributed by atoms with Gasteiger partial charge in [-0.2, -0.15) is 0 Å². The van der Waals surface area contributed by atoms with Crippen LogP contribution >= 0.6 is 0 Å². The maximum atomic E-state index is 10.1. The second-order valence-electron chi connectivity index (χ2n) is 9.22. The number of hydrogen-bond donors (Lipinski definition) is 1. The number of rotatable bonds is 16. The van der Waals surface area contributed by atoms with Gasteiger partial charge in [0.25, 0.3) is 0 Å². The molecule has 0 bridgehead atoms. The third-order valence-corrected chi connectivity index (χ3v) is 20.8. The summed E-state index contributed by atoms with van der Waals surface area (Å²) in [6, 6.07) is 0. The van der Waals surface area contributed by atoms with Crippen LogP contribution in [0.5, 0.6) is 0 Å². The summed E-state index contributed by atoms with van der Waals surface area (Å²) in [5.41, 5.74) is 0. The normalized spacial score (nSPS) is 23.5. The summed E-state index contributed by atoms with van der Waals surface area (Å²) in [4.78, 5) is 0. The van der Waals surface area contributed by atoms with Crippen molar-refractivity contribution >= 4 is 18.4 Å². The number of hydrogen-bond acceptors (Lipinski definition) is 2. The van der Waals surface area contributed by atoms with Gasteiger partial charge in [-0.3, -0.25) is 0 Å². The van der Waals surface area contributed by atoms with Crippen LogP contribution in [0, 0.1) is 11.8 Å². The van der Waals surface area contributed by atoms with E-state index < -0.39 is 18.4 Å². The molecule has 1 aliphatic rings. The third-order valence-electron chi connectivity index (χ3n) is 6.63. The van der Waals surface area contributed by atoms with Crippen molar-refractivity contribution < 1.29 is 9.84 Å². The average Bonchev–Trinajstić information content (AvgIpc) is 3.44. The van der Waals surface area contributed by atoms with E-state index in [2.05, 4.69) is 51.7 Å². The van der Waals surface area contributed by atoms with Crippen LogP contribution in [0.1, 0.15) is 92.9 Å². The Morgan fingerprint density at radius 3 is 1.89 bits per heavy atom. The first-order valence-corrected chi connectivity index (χ1v) is 19.7.